The summed E-state index contributed by atoms with van der Waals surface area (Å²) < 4.78 is 33.7. The molecule has 8 heteroatoms. The summed E-state index contributed by atoms with van der Waals surface area (Å²) in [5.41, 5.74) is 1.20. The van der Waals surface area contributed by atoms with E-state index in [-0.39, 0.29) is 18.2 Å². The van der Waals surface area contributed by atoms with Crippen molar-refractivity contribution in [3.63, 3.8) is 0 Å². The van der Waals surface area contributed by atoms with Crippen LogP contribution in [0.2, 0.25) is 0 Å². The second kappa shape index (κ2) is 8.81. The van der Waals surface area contributed by atoms with Crippen molar-refractivity contribution in [3.8, 4) is 22.9 Å². The molecule has 1 heterocycles. The van der Waals surface area contributed by atoms with Crippen molar-refractivity contribution in [1.29, 1.82) is 0 Å². The van der Waals surface area contributed by atoms with Crippen LogP contribution in [0.15, 0.2) is 53.1 Å². The normalized spacial score (nSPS) is 10.8. The maximum absolute atomic E-state index is 13.6. The minimum absolute atomic E-state index is 0.128. The van der Waals surface area contributed by atoms with Crippen LogP contribution >= 0.6 is 0 Å². The van der Waals surface area contributed by atoms with Crippen molar-refractivity contribution in [3.05, 3.63) is 65.8 Å². The third-order valence-electron chi connectivity index (χ3n) is 3.72. The number of ether oxygens (including phenoxy) is 3. The lowest BCUT2D eigenvalue weighted by Crippen LogP contribution is -2.01. The number of hydrogen-bond donors (Lipinski definition) is 0. The molecule has 0 fully saturated rings. The van der Waals surface area contributed by atoms with Crippen molar-refractivity contribution in [2.45, 2.75) is 6.61 Å². The first-order valence-electron chi connectivity index (χ1n) is 8.24. The van der Waals surface area contributed by atoms with Gasteiger partial charge in [0.05, 0.1) is 14.2 Å². The highest BCUT2D eigenvalue weighted by atomic mass is 19.1. The summed E-state index contributed by atoms with van der Waals surface area (Å²) in [6, 6.07) is 11.5. The van der Waals surface area contributed by atoms with E-state index < -0.39 is 11.8 Å². The van der Waals surface area contributed by atoms with E-state index in [1.54, 1.807) is 37.4 Å². The molecular formula is C20H17FN2O5. The Hall–Kier alpha value is -3.68. The summed E-state index contributed by atoms with van der Waals surface area (Å²) in [7, 11) is 2.94. The molecule has 7 nitrogen and oxygen atoms in total. The maximum atomic E-state index is 13.6. The lowest BCUT2D eigenvalue weighted by Gasteiger charge is -2.02. The highest BCUT2D eigenvalue weighted by Gasteiger charge is 2.11. The minimum atomic E-state index is -0.627. The molecule has 0 N–H and O–H groups in total. The third kappa shape index (κ3) is 4.73. The molecule has 0 aliphatic carbocycles. The Morgan fingerprint density at radius 2 is 2.04 bits per heavy atom. The van der Waals surface area contributed by atoms with Crippen LogP contribution in [-0.4, -0.2) is 30.3 Å². The van der Waals surface area contributed by atoms with E-state index in [4.69, 9.17) is 18.7 Å². The molecule has 0 atom stereocenters. The molecule has 0 aliphatic heterocycles. The zero-order valence-corrected chi connectivity index (χ0v) is 15.2. The molecule has 3 rings (SSSR count). The molecule has 1 aromatic heterocycles. The summed E-state index contributed by atoms with van der Waals surface area (Å²) in [6.07, 6.45) is 2.61. The fraction of sp³-hybridized carbons (Fsp3) is 0.150. The maximum Gasteiger partial charge on any atom is 0.331 e. The zero-order valence-electron chi connectivity index (χ0n) is 15.2. The van der Waals surface area contributed by atoms with Crippen LogP contribution in [0.1, 0.15) is 11.5 Å². The van der Waals surface area contributed by atoms with Gasteiger partial charge >= 0.3 is 5.97 Å². The SMILES string of the molecule is COc1cccc(-c2noc(COC(=O)/C=C/c3ccc(OC)c(F)c3)n2)c1. The fourth-order valence-electron chi connectivity index (χ4n) is 2.32. The second-order valence-corrected chi connectivity index (χ2v) is 5.58. The van der Waals surface area contributed by atoms with Crippen molar-refractivity contribution in [1.82, 2.24) is 10.1 Å². The van der Waals surface area contributed by atoms with Gasteiger partial charge < -0.3 is 18.7 Å². The Morgan fingerprint density at radius 1 is 1.18 bits per heavy atom. The van der Waals surface area contributed by atoms with E-state index in [1.807, 2.05) is 0 Å². The van der Waals surface area contributed by atoms with Gasteiger partial charge in [-0.2, -0.15) is 4.98 Å². The first kappa shape index (κ1) is 19.1. The number of rotatable bonds is 7. The van der Waals surface area contributed by atoms with Gasteiger partial charge in [0.15, 0.2) is 18.2 Å². The molecule has 0 amide bonds. The van der Waals surface area contributed by atoms with E-state index >= 15 is 0 Å². The van der Waals surface area contributed by atoms with E-state index in [0.29, 0.717) is 22.7 Å². The standard InChI is InChI=1S/C20H17FN2O5/c1-25-15-5-3-4-14(11-15)20-22-18(28-23-20)12-27-19(24)9-7-13-6-8-17(26-2)16(21)10-13/h3-11H,12H2,1-2H3/b9-7+. The summed E-state index contributed by atoms with van der Waals surface area (Å²) in [5, 5.41) is 3.85. The molecule has 0 saturated heterocycles. The number of carbonyl (C=O) groups excluding carboxylic acids is 1. The number of halogens is 1. The molecule has 28 heavy (non-hydrogen) atoms. The van der Waals surface area contributed by atoms with Gasteiger partial charge in [0.2, 0.25) is 5.82 Å². The van der Waals surface area contributed by atoms with Gasteiger partial charge in [-0.05, 0) is 35.9 Å². The number of carbonyl (C=O) groups is 1. The van der Waals surface area contributed by atoms with Crippen LogP contribution in [0.5, 0.6) is 11.5 Å². The van der Waals surface area contributed by atoms with Gasteiger partial charge in [0.25, 0.3) is 5.89 Å². The highest BCUT2D eigenvalue weighted by molar-refractivity contribution is 5.87. The molecule has 0 radical (unpaired) electrons. The molecule has 144 valence electrons. The minimum Gasteiger partial charge on any atom is -0.497 e. The van der Waals surface area contributed by atoms with Gasteiger partial charge in [0.1, 0.15) is 5.75 Å². The second-order valence-electron chi connectivity index (χ2n) is 5.58. The Morgan fingerprint density at radius 3 is 2.79 bits per heavy atom. The predicted octanol–water partition coefficient (Wildman–Crippen LogP) is 3.65. The van der Waals surface area contributed by atoms with Crippen LogP contribution in [0.25, 0.3) is 17.5 Å². The van der Waals surface area contributed by atoms with Gasteiger partial charge in [-0.1, -0.05) is 23.4 Å². The van der Waals surface area contributed by atoms with Crippen molar-refractivity contribution >= 4 is 12.0 Å². The lowest BCUT2D eigenvalue weighted by molar-refractivity contribution is -0.139. The van der Waals surface area contributed by atoms with Crippen molar-refractivity contribution < 1.29 is 27.9 Å². The first-order valence-corrected chi connectivity index (χ1v) is 8.24. The number of aromatic nitrogens is 2. The van der Waals surface area contributed by atoms with Crippen molar-refractivity contribution in [2.24, 2.45) is 0 Å². The molecule has 0 saturated carbocycles. The Kier molecular flexibility index (Phi) is 6.01. The summed E-state index contributed by atoms with van der Waals surface area (Å²) in [5.74, 6) is 0.147. The fourth-order valence-corrected chi connectivity index (χ4v) is 2.32. The summed E-state index contributed by atoms with van der Waals surface area (Å²) in [6.45, 7) is -0.183. The summed E-state index contributed by atoms with van der Waals surface area (Å²) >= 11 is 0. The van der Waals surface area contributed by atoms with E-state index in [2.05, 4.69) is 10.1 Å². The monoisotopic (exact) mass is 384 g/mol. The number of nitrogens with zero attached hydrogens (tertiary/aromatic N) is 2. The molecule has 0 spiro atoms. The van der Waals surface area contributed by atoms with Gasteiger partial charge in [-0.3, -0.25) is 0 Å². The Bertz CT molecular complexity index is 1000. The third-order valence-corrected chi connectivity index (χ3v) is 3.72. The molecular weight excluding hydrogens is 367 g/mol. The van der Waals surface area contributed by atoms with Crippen LogP contribution < -0.4 is 9.47 Å². The Labute approximate surface area is 160 Å². The molecule has 2 aromatic carbocycles. The van der Waals surface area contributed by atoms with E-state index in [9.17, 15) is 9.18 Å². The average molecular weight is 384 g/mol. The topological polar surface area (TPSA) is 83.7 Å². The molecule has 0 aliphatic rings. The largest absolute Gasteiger partial charge is 0.497 e. The van der Waals surface area contributed by atoms with Gasteiger partial charge in [-0.15, -0.1) is 0 Å². The van der Waals surface area contributed by atoms with E-state index in [1.165, 1.54) is 31.4 Å². The zero-order chi connectivity index (χ0) is 19.9. The quantitative estimate of drug-likeness (QED) is 0.454. The smallest absolute Gasteiger partial charge is 0.331 e. The van der Waals surface area contributed by atoms with Crippen LogP contribution in [0.3, 0.4) is 0 Å². The number of esters is 1. The first-order chi connectivity index (χ1) is 13.6. The lowest BCUT2D eigenvalue weighted by atomic mass is 10.2. The number of benzene rings is 2. The molecule has 3 aromatic rings. The number of methoxy groups -OCH3 is 2. The van der Waals surface area contributed by atoms with Gasteiger partial charge in [0, 0.05) is 11.6 Å². The Balaban J connectivity index is 1.57. The van der Waals surface area contributed by atoms with Crippen LogP contribution in [0.4, 0.5) is 4.39 Å². The number of hydrogen-bond acceptors (Lipinski definition) is 7. The highest BCUT2D eigenvalue weighted by Crippen LogP contribution is 2.21. The molecule has 0 unspecified atom stereocenters. The van der Waals surface area contributed by atoms with Crippen LogP contribution in [0, 0.1) is 5.82 Å². The van der Waals surface area contributed by atoms with Crippen LogP contribution in [-0.2, 0) is 16.1 Å². The van der Waals surface area contributed by atoms with Crippen molar-refractivity contribution in [2.75, 3.05) is 14.2 Å². The summed E-state index contributed by atoms with van der Waals surface area (Å²) in [4.78, 5) is 16.0. The van der Waals surface area contributed by atoms with Gasteiger partial charge in [-0.25, -0.2) is 9.18 Å². The van der Waals surface area contributed by atoms with E-state index in [0.717, 1.165) is 0 Å². The predicted molar refractivity (Wildman–Crippen MR) is 98.1 cm³/mol. The average Bonchev–Trinajstić information content (AvgIpc) is 3.20. The molecule has 0 bridgehead atoms.